The van der Waals surface area contributed by atoms with E-state index in [1.54, 1.807) is 6.07 Å². The van der Waals surface area contributed by atoms with Gasteiger partial charge in [0.25, 0.3) is 0 Å². The van der Waals surface area contributed by atoms with Crippen LogP contribution in [0.15, 0.2) is 48.7 Å². The average molecular weight is 496 g/mol. The second-order valence-electron chi connectivity index (χ2n) is 6.80. The summed E-state index contributed by atoms with van der Waals surface area (Å²) in [6.07, 6.45) is -7.83. The number of pyridine rings is 1. The molecule has 0 fully saturated rings. The number of alkyl halides is 4. The Morgan fingerprint density at radius 3 is 2.43 bits per heavy atom. The lowest BCUT2D eigenvalue weighted by atomic mass is 10.1. The number of carbonyl (C=O) groups excluding carboxylic acids is 1. The minimum atomic E-state index is -4.59. The number of amides is 1. The van der Waals surface area contributed by atoms with Crippen molar-refractivity contribution in [3.8, 4) is 23.3 Å². The van der Waals surface area contributed by atoms with Gasteiger partial charge in [0.15, 0.2) is 11.6 Å². The number of hydrazine groups is 1. The number of nitrogens with one attached hydrogen (secondary N) is 1. The van der Waals surface area contributed by atoms with Gasteiger partial charge in [0.2, 0.25) is 6.41 Å². The lowest BCUT2D eigenvalue weighted by Gasteiger charge is -2.31. The molecule has 14 heteroatoms. The van der Waals surface area contributed by atoms with Crippen LogP contribution in [0.4, 0.5) is 37.7 Å². The number of halogens is 6. The van der Waals surface area contributed by atoms with Gasteiger partial charge in [-0.15, -0.1) is 8.78 Å². The van der Waals surface area contributed by atoms with E-state index >= 15 is 0 Å². The van der Waals surface area contributed by atoms with Crippen molar-refractivity contribution in [2.24, 2.45) is 0 Å². The van der Waals surface area contributed by atoms with E-state index in [-0.39, 0.29) is 23.6 Å². The van der Waals surface area contributed by atoms with Crippen LogP contribution in [-0.2, 0) is 15.6 Å². The van der Waals surface area contributed by atoms with Crippen LogP contribution in [-0.4, -0.2) is 17.7 Å². The lowest BCUT2D eigenvalue weighted by molar-refractivity contribution is -0.461. The third-order valence-electron chi connectivity index (χ3n) is 4.47. The number of nitrogens with zero attached hydrogens (tertiary/aromatic N) is 3. The third kappa shape index (κ3) is 4.89. The first-order valence-electron chi connectivity index (χ1n) is 9.35. The fourth-order valence-corrected chi connectivity index (χ4v) is 3.00. The first-order chi connectivity index (χ1) is 16.5. The summed E-state index contributed by atoms with van der Waals surface area (Å²) in [5.74, 6) is -3.64. The molecule has 1 amide bonds. The van der Waals surface area contributed by atoms with Crippen molar-refractivity contribution in [2.75, 3.05) is 10.4 Å². The van der Waals surface area contributed by atoms with Gasteiger partial charge in [0, 0.05) is 24.4 Å². The molecule has 0 atom stereocenters. The highest BCUT2D eigenvalue weighted by Gasteiger charge is 2.54. The van der Waals surface area contributed by atoms with Crippen molar-refractivity contribution in [3.05, 3.63) is 71.6 Å². The number of anilines is 2. The first-order valence-corrected chi connectivity index (χ1v) is 9.35. The van der Waals surface area contributed by atoms with Crippen molar-refractivity contribution in [2.45, 2.75) is 12.4 Å². The van der Waals surface area contributed by atoms with Crippen LogP contribution in [0.1, 0.15) is 11.3 Å². The maximum atomic E-state index is 14.6. The quantitative estimate of drug-likeness (QED) is 0.291. The summed E-state index contributed by atoms with van der Waals surface area (Å²) >= 11 is 0. The molecular formula is C21H10F6N4O4. The molecule has 4 rings (SSSR count). The normalized spacial score (nSPS) is 15.2. The summed E-state index contributed by atoms with van der Waals surface area (Å²) in [7, 11) is 0. The van der Waals surface area contributed by atoms with Gasteiger partial charge in [-0.2, -0.15) is 14.0 Å². The summed E-state index contributed by atoms with van der Waals surface area (Å²) in [4.78, 5) is 15.2. The predicted octanol–water partition coefficient (Wildman–Crippen LogP) is 5.02. The molecule has 0 saturated carbocycles. The number of nitriles is 1. The number of benzene rings is 2. The molecule has 3 aromatic rings. The van der Waals surface area contributed by atoms with Gasteiger partial charge in [-0.05, 0) is 24.3 Å². The van der Waals surface area contributed by atoms with E-state index in [0.717, 1.165) is 18.2 Å². The Kier molecular flexibility index (Phi) is 5.87. The molecule has 2 aromatic carbocycles. The number of carbonyl (C=O) groups is 1. The molecule has 0 radical (unpaired) electrons. The summed E-state index contributed by atoms with van der Waals surface area (Å²) in [5.41, 5.74) is -0.341. The second-order valence-corrected chi connectivity index (χ2v) is 6.80. The van der Waals surface area contributed by atoms with E-state index in [1.807, 2.05) is 0 Å². The van der Waals surface area contributed by atoms with Gasteiger partial charge >= 0.3 is 12.4 Å². The Morgan fingerprint density at radius 2 is 1.77 bits per heavy atom. The standard InChI is InChI=1S/C21H10F6N4O4/c22-16-7-14(33-13-3-4-29-11(5-13)9-28)8-17(23)19(16)30-31(10-32)12-1-2-18-15(6-12)20(24,25)35-21(26,27)34-18/h1-8,10,30H. The SMILES string of the molecule is N#Cc1cc(Oc2cc(F)c(NN(C=O)c3ccc4c(c3)C(F)(F)OC(F)(F)O4)c(F)c2)ccn1. The van der Waals surface area contributed by atoms with Crippen molar-refractivity contribution in [1.82, 2.24) is 4.98 Å². The summed E-state index contributed by atoms with van der Waals surface area (Å²) in [6.45, 7) is 0. The minimum Gasteiger partial charge on any atom is -0.457 e. The lowest BCUT2D eigenvalue weighted by Crippen LogP contribution is -2.41. The molecule has 1 aliphatic rings. The molecule has 35 heavy (non-hydrogen) atoms. The van der Waals surface area contributed by atoms with E-state index in [1.165, 1.54) is 18.3 Å². The third-order valence-corrected chi connectivity index (χ3v) is 4.47. The van der Waals surface area contributed by atoms with Gasteiger partial charge in [0.1, 0.15) is 34.7 Å². The van der Waals surface area contributed by atoms with E-state index < -0.39 is 46.7 Å². The molecule has 2 heterocycles. The zero-order valence-electron chi connectivity index (χ0n) is 16.9. The van der Waals surface area contributed by atoms with Crippen LogP contribution < -0.4 is 19.9 Å². The summed E-state index contributed by atoms with van der Waals surface area (Å²) < 4.78 is 96.2. The monoisotopic (exact) mass is 496 g/mol. The summed E-state index contributed by atoms with van der Waals surface area (Å²) in [5, 5.41) is 9.28. The molecule has 0 bridgehead atoms. The average Bonchev–Trinajstić information content (AvgIpc) is 2.78. The zero-order valence-corrected chi connectivity index (χ0v) is 16.9. The van der Waals surface area contributed by atoms with E-state index in [9.17, 15) is 31.1 Å². The molecule has 0 unspecified atom stereocenters. The Hall–Kier alpha value is -4.51. The van der Waals surface area contributed by atoms with Gasteiger partial charge in [-0.3, -0.25) is 10.2 Å². The fourth-order valence-electron chi connectivity index (χ4n) is 3.00. The number of ether oxygens (including phenoxy) is 3. The van der Waals surface area contributed by atoms with Crippen LogP contribution >= 0.6 is 0 Å². The Bertz CT molecular complexity index is 1320. The molecule has 180 valence electrons. The predicted molar refractivity (Wildman–Crippen MR) is 105 cm³/mol. The van der Waals surface area contributed by atoms with Crippen LogP contribution in [0.25, 0.3) is 0 Å². The highest BCUT2D eigenvalue weighted by atomic mass is 19.3. The zero-order chi connectivity index (χ0) is 25.4. The largest absolute Gasteiger partial charge is 0.540 e. The number of aromatic nitrogens is 1. The molecule has 0 saturated heterocycles. The molecular weight excluding hydrogens is 486 g/mol. The Labute approximate surface area is 191 Å². The van der Waals surface area contributed by atoms with Crippen LogP contribution in [0, 0.1) is 23.0 Å². The van der Waals surface area contributed by atoms with Crippen molar-refractivity contribution >= 4 is 17.8 Å². The first kappa shape index (κ1) is 23.6. The van der Waals surface area contributed by atoms with E-state index in [0.29, 0.717) is 17.1 Å². The maximum absolute atomic E-state index is 14.6. The number of rotatable bonds is 6. The van der Waals surface area contributed by atoms with Gasteiger partial charge in [-0.25, -0.2) is 23.5 Å². The maximum Gasteiger partial charge on any atom is 0.540 e. The minimum absolute atomic E-state index is 0.00139. The van der Waals surface area contributed by atoms with Crippen molar-refractivity contribution in [1.29, 1.82) is 5.26 Å². The van der Waals surface area contributed by atoms with Crippen LogP contribution in [0.2, 0.25) is 0 Å². The Balaban J connectivity index is 1.60. The summed E-state index contributed by atoms with van der Waals surface area (Å²) in [6, 6.07) is 8.04. The molecule has 1 N–H and O–H groups in total. The van der Waals surface area contributed by atoms with Gasteiger partial charge in [-0.1, -0.05) is 0 Å². The van der Waals surface area contributed by atoms with E-state index in [2.05, 4.69) is 19.9 Å². The van der Waals surface area contributed by atoms with Crippen LogP contribution in [0.5, 0.6) is 17.2 Å². The molecule has 1 aliphatic heterocycles. The van der Waals surface area contributed by atoms with Crippen molar-refractivity contribution in [3.63, 3.8) is 0 Å². The molecule has 8 nitrogen and oxygen atoms in total. The highest BCUT2D eigenvalue weighted by Crippen LogP contribution is 2.47. The van der Waals surface area contributed by atoms with Crippen molar-refractivity contribution < 1.29 is 45.3 Å². The van der Waals surface area contributed by atoms with Gasteiger partial charge < -0.3 is 9.47 Å². The van der Waals surface area contributed by atoms with Gasteiger partial charge in [0.05, 0.1) is 11.3 Å². The topological polar surface area (TPSA) is 96.7 Å². The van der Waals surface area contributed by atoms with E-state index in [4.69, 9.17) is 10.00 Å². The van der Waals surface area contributed by atoms with Crippen LogP contribution in [0.3, 0.4) is 0 Å². The number of hydrogen-bond acceptors (Lipinski definition) is 7. The molecule has 1 aromatic heterocycles. The molecule has 0 aliphatic carbocycles. The fraction of sp³-hybridized carbons (Fsp3) is 0.0952. The number of fused-ring (bicyclic) bond motifs is 1. The molecule has 0 spiro atoms. The number of hydrogen-bond donors (Lipinski definition) is 1. The highest BCUT2D eigenvalue weighted by molar-refractivity contribution is 5.79. The Morgan fingerprint density at radius 1 is 1.06 bits per heavy atom. The smallest absolute Gasteiger partial charge is 0.457 e. The second kappa shape index (κ2) is 8.69.